The van der Waals surface area contributed by atoms with Crippen molar-refractivity contribution in [3.63, 3.8) is 0 Å². The summed E-state index contributed by atoms with van der Waals surface area (Å²) >= 11 is 6.01. The first kappa shape index (κ1) is 15.2. The molecule has 118 valence electrons. The van der Waals surface area contributed by atoms with Crippen LogP contribution in [-0.4, -0.2) is 35.5 Å². The van der Waals surface area contributed by atoms with E-state index in [9.17, 15) is 4.79 Å². The third-order valence-corrected chi connectivity index (χ3v) is 4.31. The lowest BCUT2D eigenvalue weighted by Gasteiger charge is -2.31. The summed E-state index contributed by atoms with van der Waals surface area (Å²) < 4.78 is 0. The summed E-state index contributed by atoms with van der Waals surface area (Å²) in [4.78, 5) is 22.2. The molecule has 1 amide bonds. The molecule has 0 aliphatic carbocycles. The van der Waals surface area contributed by atoms with Gasteiger partial charge in [-0.25, -0.2) is 4.98 Å². The van der Waals surface area contributed by atoms with Crippen LogP contribution in [0.2, 0.25) is 5.02 Å². The van der Waals surface area contributed by atoms with Gasteiger partial charge in [0.1, 0.15) is 0 Å². The largest absolute Gasteiger partial charge is 0.356 e. The smallest absolute Gasteiger partial charge is 0.224 e. The molecule has 0 radical (unpaired) electrons. The minimum atomic E-state index is 0.0390. The van der Waals surface area contributed by atoms with Gasteiger partial charge in [0.05, 0.1) is 17.0 Å². The summed E-state index contributed by atoms with van der Waals surface area (Å²) in [5.74, 6) is 1.02. The number of aromatic amines is 1. The third kappa shape index (κ3) is 3.19. The first-order valence-electron chi connectivity index (χ1n) is 7.85. The number of amides is 1. The monoisotopic (exact) mass is 320 g/mol. The van der Waals surface area contributed by atoms with Gasteiger partial charge < -0.3 is 15.2 Å². The molecule has 0 saturated carbocycles. The molecule has 1 aliphatic heterocycles. The first-order chi connectivity index (χ1) is 10.7. The molecule has 3 rings (SSSR count). The van der Waals surface area contributed by atoms with Gasteiger partial charge >= 0.3 is 0 Å². The number of piperidine rings is 1. The summed E-state index contributed by atoms with van der Waals surface area (Å²) in [5, 5.41) is 3.69. The Morgan fingerprint density at radius 2 is 2.41 bits per heavy atom. The van der Waals surface area contributed by atoms with Crippen molar-refractivity contribution in [1.29, 1.82) is 0 Å². The van der Waals surface area contributed by atoms with Gasteiger partial charge in [-0.2, -0.15) is 0 Å². The molecule has 5 nitrogen and oxygen atoms in total. The van der Waals surface area contributed by atoms with E-state index in [1.54, 1.807) is 0 Å². The highest BCUT2D eigenvalue weighted by Crippen LogP contribution is 2.25. The normalized spacial score (nSPS) is 18.6. The van der Waals surface area contributed by atoms with E-state index < -0.39 is 0 Å². The van der Waals surface area contributed by atoms with E-state index >= 15 is 0 Å². The van der Waals surface area contributed by atoms with Crippen LogP contribution in [0.25, 0.3) is 11.0 Å². The van der Waals surface area contributed by atoms with Crippen LogP contribution in [0.3, 0.4) is 0 Å². The molecular weight excluding hydrogens is 300 g/mol. The van der Waals surface area contributed by atoms with Crippen LogP contribution in [0.5, 0.6) is 0 Å². The zero-order valence-electron chi connectivity index (χ0n) is 12.7. The average Bonchev–Trinajstić information content (AvgIpc) is 2.95. The third-order valence-electron chi connectivity index (χ3n) is 4.07. The molecule has 1 atom stereocenters. The molecule has 0 bridgehead atoms. The summed E-state index contributed by atoms with van der Waals surface area (Å²) in [5.41, 5.74) is 1.83. The van der Waals surface area contributed by atoms with Crippen molar-refractivity contribution in [3.8, 4) is 0 Å². The highest BCUT2D eigenvalue weighted by molar-refractivity contribution is 6.31. The van der Waals surface area contributed by atoms with Crippen LogP contribution in [-0.2, 0) is 4.79 Å². The topological polar surface area (TPSA) is 61.0 Å². The maximum Gasteiger partial charge on any atom is 0.224 e. The van der Waals surface area contributed by atoms with E-state index in [4.69, 9.17) is 11.6 Å². The predicted octanol–water partition coefficient (Wildman–Crippen LogP) is 2.96. The van der Waals surface area contributed by atoms with Crippen LogP contribution < -0.4 is 10.2 Å². The Bertz CT molecular complexity index is 669. The summed E-state index contributed by atoms with van der Waals surface area (Å²) in [7, 11) is 0. The number of benzene rings is 1. The van der Waals surface area contributed by atoms with Crippen LogP contribution in [0.15, 0.2) is 18.2 Å². The minimum Gasteiger partial charge on any atom is -0.356 e. The molecular formula is C16H21ClN4O. The molecule has 1 aromatic heterocycles. The van der Waals surface area contributed by atoms with Crippen molar-refractivity contribution in [2.45, 2.75) is 26.2 Å². The first-order valence-corrected chi connectivity index (χ1v) is 8.23. The Morgan fingerprint density at radius 1 is 1.55 bits per heavy atom. The Hall–Kier alpha value is -1.75. The molecule has 22 heavy (non-hydrogen) atoms. The highest BCUT2D eigenvalue weighted by atomic mass is 35.5. The molecule has 1 aliphatic rings. The Kier molecular flexibility index (Phi) is 4.52. The van der Waals surface area contributed by atoms with Gasteiger partial charge in [-0.15, -0.1) is 0 Å². The van der Waals surface area contributed by atoms with E-state index in [2.05, 4.69) is 27.1 Å². The van der Waals surface area contributed by atoms with E-state index in [-0.39, 0.29) is 11.8 Å². The average molecular weight is 321 g/mol. The molecule has 2 N–H and O–H groups in total. The standard InChI is InChI=1S/C16H21ClN4O/c1-2-7-18-15(22)11-4-3-8-21(10-11)16-19-13-6-5-12(17)9-14(13)20-16/h5-6,9,11H,2-4,7-8,10H2,1H3,(H,18,22)(H,19,20)/t11-/m1/s1. The molecule has 1 fully saturated rings. The quantitative estimate of drug-likeness (QED) is 0.910. The number of hydrogen-bond donors (Lipinski definition) is 2. The summed E-state index contributed by atoms with van der Waals surface area (Å²) in [6.07, 6.45) is 2.91. The molecule has 0 spiro atoms. The molecule has 1 saturated heterocycles. The molecule has 6 heteroatoms. The number of rotatable bonds is 4. The van der Waals surface area contributed by atoms with E-state index in [1.807, 2.05) is 18.2 Å². The van der Waals surface area contributed by atoms with Gasteiger partial charge in [-0.05, 0) is 37.5 Å². The summed E-state index contributed by atoms with van der Waals surface area (Å²) in [6.45, 7) is 4.44. The van der Waals surface area contributed by atoms with Gasteiger partial charge in [-0.1, -0.05) is 18.5 Å². The van der Waals surface area contributed by atoms with Gasteiger partial charge in [0.25, 0.3) is 0 Å². The van der Waals surface area contributed by atoms with Gasteiger partial charge in [-0.3, -0.25) is 4.79 Å². The Labute approximate surface area is 135 Å². The van der Waals surface area contributed by atoms with Gasteiger partial charge in [0.15, 0.2) is 0 Å². The lowest BCUT2D eigenvalue weighted by Crippen LogP contribution is -2.43. The number of nitrogens with one attached hydrogen (secondary N) is 2. The zero-order chi connectivity index (χ0) is 15.5. The van der Waals surface area contributed by atoms with E-state index in [1.165, 1.54) is 0 Å². The number of hydrogen-bond acceptors (Lipinski definition) is 3. The Morgan fingerprint density at radius 3 is 3.23 bits per heavy atom. The molecule has 2 aromatic rings. The lowest BCUT2D eigenvalue weighted by atomic mass is 9.97. The number of aromatic nitrogens is 2. The molecule has 0 unspecified atom stereocenters. The van der Waals surface area contributed by atoms with Crippen LogP contribution in [0, 0.1) is 5.92 Å². The van der Waals surface area contributed by atoms with Crippen LogP contribution >= 0.6 is 11.6 Å². The number of imidazole rings is 1. The fourth-order valence-corrected chi connectivity index (χ4v) is 3.07. The SMILES string of the molecule is CCCNC(=O)[C@@H]1CCCN(c2nc3ccc(Cl)cc3[nH]2)C1. The zero-order valence-corrected chi connectivity index (χ0v) is 13.5. The highest BCUT2D eigenvalue weighted by Gasteiger charge is 2.27. The Balaban J connectivity index is 1.74. The number of carbonyl (C=O) groups is 1. The number of H-pyrrole nitrogens is 1. The lowest BCUT2D eigenvalue weighted by molar-refractivity contribution is -0.125. The van der Waals surface area contributed by atoms with Crippen molar-refractivity contribution in [3.05, 3.63) is 23.2 Å². The van der Waals surface area contributed by atoms with Crippen LogP contribution in [0.4, 0.5) is 5.95 Å². The van der Waals surface area contributed by atoms with E-state index in [0.717, 1.165) is 49.3 Å². The number of halogens is 1. The van der Waals surface area contributed by atoms with Gasteiger partial charge in [0, 0.05) is 24.7 Å². The van der Waals surface area contributed by atoms with Crippen molar-refractivity contribution in [2.75, 3.05) is 24.5 Å². The molecule has 2 heterocycles. The van der Waals surface area contributed by atoms with E-state index in [0.29, 0.717) is 11.6 Å². The predicted molar refractivity (Wildman–Crippen MR) is 89.3 cm³/mol. The number of carbonyl (C=O) groups excluding carboxylic acids is 1. The van der Waals surface area contributed by atoms with Crippen LogP contribution in [0.1, 0.15) is 26.2 Å². The number of anilines is 1. The van der Waals surface area contributed by atoms with Crippen molar-refractivity contribution >= 4 is 34.5 Å². The second-order valence-electron chi connectivity index (χ2n) is 5.80. The minimum absolute atomic E-state index is 0.0390. The number of nitrogens with zero attached hydrogens (tertiary/aromatic N) is 2. The summed E-state index contributed by atoms with van der Waals surface area (Å²) in [6, 6.07) is 5.63. The second-order valence-corrected chi connectivity index (χ2v) is 6.23. The fraction of sp³-hybridized carbons (Fsp3) is 0.500. The van der Waals surface area contributed by atoms with Crippen molar-refractivity contribution in [2.24, 2.45) is 5.92 Å². The fourth-order valence-electron chi connectivity index (χ4n) is 2.89. The maximum absolute atomic E-state index is 12.2. The van der Waals surface area contributed by atoms with Crippen molar-refractivity contribution in [1.82, 2.24) is 15.3 Å². The van der Waals surface area contributed by atoms with Crippen molar-refractivity contribution < 1.29 is 4.79 Å². The number of fused-ring (bicyclic) bond motifs is 1. The maximum atomic E-state index is 12.2. The molecule has 1 aromatic carbocycles. The second kappa shape index (κ2) is 6.57. The van der Waals surface area contributed by atoms with Gasteiger partial charge in [0.2, 0.25) is 11.9 Å².